The molecule has 17 heavy (non-hydrogen) atoms. The molecule has 0 radical (unpaired) electrons. The quantitative estimate of drug-likeness (QED) is 0.471. The minimum Gasteiger partial charge on any atom is -0.465 e. The molecule has 0 saturated heterocycles. The van der Waals surface area contributed by atoms with Gasteiger partial charge in [0.1, 0.15) is 13.2 Å². The molecule has 0 N–H and O–H groups in total. The Morgan fingerprint density at radius 2 is 2.06 bits per heavy atom. The fourth-order valence-electron chi connectivity index (χ4n) is 1.10. The summed E-state index contributed by atoms with van der Waals surface area (Å²) < 4.78 is 9.98. The number of carbonyl (C=O) groups is 2. The van der Waals surface area contributed by atoms with Gasteiger partial charge in [0, 0.05) is 6.54 Å². The van der Waals surface area contributed by atoms with Crippen molar-refractivity contribution in [1.29, 1.82) is 0 Å². The van der Waals surface area contributed by atoms with Gasteiger partial charge < -0.3 is 14.4 Å². The summed E-state index contributed by atoms with van der Waals surface area (Å²) in [6, 6.07) is 0. The third-order valence-electron chi connectivity index (χ3n) is 1.87. The van der Waals surface area contributed by atoms with Gasteiger partial charge >= 0.3 is 5.97 Å². The molecule has 0 heterocycles. The van der Waals surface area contributed by atoms with Crippen LogP contribution in [0.3, 0.4) is 0 Å². The van der Waals surface area contributed by atoms with Crippen molar-refractivity contribution < 1.29 is 19.1 Å². The van der Waals surface area contributed by atoms with Crippen LogP contribution in [0.1, 0.15) is 20.8 Å². The van der Waals surface area contributed by atoms with E-state index in [0.29, 0.717) is 13.2 Å². The fourth-order valence-corrected chi connectivity index (χ4v) is 1.10. The first-order valence-corrected chi connectivity index (χ1v) is 5.67. The van der Waals surface area contributed by atoms with Crippen LogP contribution in [0.4, 0.5) is 0 Å². The second-order valence-electron chi connectivity index (χ2n) is 3.73. The van der Waals surface area contributed by atoms with Gasteiger partial charge in [0.15, 0.2) is 0 Å². The number of hydrogen-bond acceptors (Lipinski definition) is 4. The highest BCUT2D eigenvalue weighted by molar-refractivity contribution is 5.83. The zero-order chi connectivity index (χ0) is 13.3. The van der Waals surface area contributed by atoms with Gasteiger partial charge in [-0.25, -0.2) is 0 Å². The van der Waals surface area contributed by atoms with Crippen molar-refractivity contribution in [2.75, 3.05) is 26.3 Å². The highest BCUT2D eigenvalue weighted by Crippen LogP contribution is 1.96. The third-order valence-corrected chi connectivity index (χ3v) is 1.87. The van der Waals surface area contributed by atoms with Gasteiger partial charge in [-0.1, -0.05) is 6.08 Å². The summed E-state index contributed by atoms with van der Waals surface area (Å²) in [6.07, 6.45) is 1.54. The Hall–Kier alpha value is -1.36. The Morgan fingerprint density at radius 1 is 1.41 bits per heavy atom. The summed E-state index contributed by atoms with van der Waals surface area (Å²) in [7, 11) is 0. The van der Waals surface area contributed by atoms with Crippen LogP contribution in [0.5, 0.6) is 0 Å². The smallest absolute Gasteiger partial charge is 0.325 e. The molecule has 0 bridgehead atoms. The van der Waals surface area contributed by atoms with Crippen LogP contribution in [0.15, 0.2) is 12.7 Å². The first-order valence-electron chi connectivity index (χ1n) is 5.67. The predicted molar refractivity (Wildman–Crippen MR) is 64.5 cm³/mol. The van der Waals surface area contributed by atoms with Gasteiger partial charge in [-0.3, -0.25) is 9.59 Å². The van der Waals surface area contributed by atoms with E-state index in [0.717, 1.165) is 0 Å². The number of ether oxygens (including phenoxy) is 2. The van der Waals surface area contributed by atoms with E-state index in [4.69, 9.17) is 9.47 Å². The lowest BCUT2D eigenvalue weighted by atomic mass is 10.4. The van der Waals surface area contributed by atoms with Crippen LogP contribution in [0.2, 0.25) is 0 Å². The van der Waals surface area contributed by atoms with Crippen molar-refractivity contribution >= 4 is 11.9 Å². The first kappa shape index (κ1) is 15.6. The maximum atomic E-state index is 11.7. The van der Waals surface area contributed by atoms with Crippen LogP contribution < -0.4 is 0 Å². The monoisotopic (exact) mass is 243 g/mol. The molecule has 0 aromatic rings. The maximum Gasteiger partial charge on any atom is 0.325 e. The number of carbonyl (C=O) groups excluding carboxylic acids is 2. The van der Waals surface area contributed by atoms with Gasteiger partial charge in [0.25, 0.3) is 0 Å². The van der Waals surface area contributed by atoms with Crippen molar-refractivity contribution in [2.24, 2.45) is 0 Å². The SMILES string of the molecule is C=CCN(CC(=O)OCC)C(=O)COC(C)C. The second-order valence-corrected chi connectivity index (χ2v) is 3.73. The van der Waals surface area contributed by atoms with E-state index in [1.165, 1.54) is 4.90 Å². The molecule has 0 aromatic heterocycles. The Morgan fingerprint density at radius 3 is 2.53 bits per heavy atom. The molecule has 0 aliphatic heterocycles. The summed E-state index contributed by atoms with van der Waals surface area (Å²) in [6.45, 7) is 9.46. The van der Waals surface area contributed by atoms with Gasteiger partial charge in [-0.15, -0.1) is 6.58 Å². The van der Waals surface area contributed by atoms with Crippen molar-refractivity contribution in [3.05, 3.63) is 12.7 Å². The minimum absolute atomic E-state index is 0.0212. The molecule has 98 valence electrons. The lowest BCUT2D eigenvalue weighted by Crippen LogP contribution is -2.39. The molecule has 0 spiro atoms. The standard InChI is InChI=1S/C12H21NO4/c1-5-7-13(8-12(15)16-6-2)11(14)9-17-10(3)4/h5,10H,1,6-9H2,2-4H3. The van der Waals surface area contributed by atoms with Gasteiger partial charge in [0.05, 0.1) is 12.7 Å². The Labute approximate surface area is 102 Å². The summed E-state index contributed by atoms with van der Waals surface area (Å²) >= 11 is 0. The van der Waals surface area contributed by atoms with Crippen molar-refractivity contribution in [2.45, 2.75) is 26.9 Å². The maximum absolute atomic E-state index is 11.7. The van der Waals surface area contributed by atoms with Crippen LogP contribution in [-0.2, 0) is 19.1 Å². The summed E-state index contributed by atoms with van der Waals surface area (Å²) in [5, 5.41) is 0. The lowest BCUT2D eigenvalue weighted by Gasteiger charge is -2.20. The zero-order valence-corrected chi connectivity index (χ0v) is 10.8. The molecular weight excluding hydrogens is 222 g/mol. The predicted octanol–water partition coefficient (Wildman–Crippen LogP) is 0.989. The molecule has 0 aromatic carbocycles. The Bertz CT molecular complexity index is 263. The number of hydrogen-bond donors (Lipinski definition) is 0. The van der Waals surface area contributed by atoms with Crippen LogP contribution in [0, 0.1) is 0 Å². The zero-order valence-electron chi connectivity index (χ0n) is 10.8. The number of amides is 1. The minimum atomic E-state index is -0.424. The summed E-state index contributed by atoms with van der Waals surface area (Å²) in [5.74, 6) is -0.668. The van der Waals surface area contributed by atoms with E-state index in [9.17, 15) is 9.59 Å². The van der Waals surface area contributed by atoms with Gasteiger partial charge in [-0.05, 0) is 20.8 Å². The van der Waals surface area contributed by atoms with Crippen molar-refractivity contribution in [1.82, 2.24) is 4.90 Å². The average Bonchev–Trinajstić information content (AvgIpc) is 2.25. The van der Waals surface area contributed by atoms with E-state index >= 15 is 0 Å². The third kappa shape index (κ3) is 7.52. The second kappa shape index (κ2) is 8.75. The van der Waals surface area contributed by atoms with Crippen molar-refractivity contribution in [3.8, 4) is 0 Å². The largest absolute Gasteiger partial charge is 0.465 e. The normalized spacial score (nSPS) is 10.1. The molecular formula is C12H21NO4. The van der Waals surface area contributed by atoms with E-state index in [2.05, 4.69) is 6.58 Å². The highest BCUT2D eigenvalue weighted by Gasteiger charge is 2.17. The first-order chi connectivity index (χ1) is 8.01. The molecule has 0 rings (SSSR count). The molecule has 0 saturated carbocycles. The van der Waals surface area contributed by atoms with Crippen LogP contribution in [-0.4, -0.2) is 49.2 Å². The van der Waals surface area contributed by atoms with E-state index < -0.39 is 5.97 Å². The van der Waals surface area contributed by atoms with Gasteiger partial charge in [-0.2, -0.15) is 0 Å². The van der Waals surface area contributed by atoms with Crippen molar-refractivity contribution in [3.63, 3.8) is 0 Å². The van der Waals surface area contributed by atoms with Crippen LogP contribution in [0.25, 0.3) is 0 Å². The molecule has 0 atom stereocenters. The molecule has 5 heteroatoms. The highest BCUT2D eigenvalue weighted by atomic mass is 16.5. The molecule has 0 aliphatic carbocycles. The molecule has 5 nitrogen and oxygen atoms in total. The number of rotatable bonds is 8. The Kier molecular flexibility index (Phi) is 8.05. The van der Waals surface area contributed by atoms with E-state index in [1.807, 2.05) is 13.8 Å². The van der Waals surface area contributed by atoms with Crippen LogP contribution >= 0.6 is 0 Å². The summed E-state index contributed by atoms with van der Waals surface area (Å²) in [4.78, 5) is 24.4. The fraction of sp³-hybridized carbons (Fsp3) is 0.667. The van der Waals surface area contributed by atoms with Gasteiger partial charge in [0.2, 0.25) is 5.91 Å². The number of nitrogens with zero attached hydrogens (tertiary/aromatic N) is 1. The molecule has 0 unspecified atom stereocenters. The molecule has 1 amide bonds. The average molecular weight is 243 g/mol. The van der Waals surface area contributed by atoms with E-state index in [-0.39, 0.29) is 25.2 Å². The molecule has 0 aliphatic rings. The summed E-state index contributed by atoms with van der Waals surface area (Å²) in [5.41, 5.74) is 0. The lowest BCUT2D eigenvalue weighted by molar-refractivity contribution is -0.150. The molecule has 0 fully saturated rings. The Balaban J connectivity index is 4.24. The number of esters is 1. The topological polar surface area (TPSA) is 55.8 Å². The van der Waals surface area contributed by atoms with E-state index in [1.54, 1.807) is 13.0 Å².